The van der Waals surface area contributed by atoms with Crippen molar-refractivity contribution in [2.45, 2.75) is 58.3 Å². The van der Waals surface area contributed by atoms with E-state index in [1.807, 2.05) is 25.5 Å². The van der Waals surface area contributed by atoms with Crippen LogP contribution in [0.4, 0.5) is 24.5 Å². The van der Waals surface area contributed by atoms with Gasteiger partial charge in [-0.1, -0.05) is 27.4 Å². The molecule has 0 aliphatic heterocycles. The quantitative estimate of drug-likeness (QED) is 0.281. The zero-order valence-electron chi connectivity index (χ0n) is 24.6. The molecule has 1 fully saturated rings. The number of carbonyl (C=O) groups excluding carboxylic acids is 2. The molecule has 43 heavy (non-hydrogen) atoms. The van der Waals surface area contributed by atoms with Gasteiger partial charge in [-0.15, -0.1) is 10.2 Å². The fraction of sp³-hybridized carbons (Fsp3) is 0.433. The largest absolute Gasteiger partial charge is 0.406 e. The standard InChI is InChI=1S/C30H36F3N7O3/c1-6-25(41)36-22-8-21(29(11-19(4)12-29)28-38-35-17-39(28)5)9-23(10-22)37-26(42)24-7-20(14-34-13-18(2)3)15-40(27(24)43)16-30(31,32)33/h6-10,15,17-19,34H,1,11-14,16H2,2-5H3,(H,36,41)(H,37,42). The maximum atomic E-state index is 13.5. The molecule has 1 aliphatic carbocycles. The Morgan fingerprint density at radius 3 is 2.40 bits per heavy atom. The number of anilines is 2. The lowest BCUT2D eigenvalue weighted by Crippen LogP contribution is -2.43. The molecule has 10 nitrogen and oxygen atoms in total. The molecule has 3 aromatic rings. The highest BCUT2D eigenvalue weighted by molar-refractivity contribution is 6.05. The maximum Gasteiger partial charge on any atom is 0.406 e. The third kappa shape index (κ3) is 7.39. The van der Waals surface area contributed by atoms with E-state index >= 15 is 0 Å². The molecule has 13 heteroatoms. The molecule has 2 heterocycles. The molecule has 4 rings (SSSR count). The zero-order chi connectivity index (χ0) is 31.5. The van der Waals surface area contributed by atoms with Crippen molar-refractivity contribution < 1.29 is 22.8 Å². The van der Waals surface area contributed by atoms with Crippen LogP contribution in [0.15, 0.2) is 54.2 Å². The van der Waals surface area contributed by atoms with E-state index in [9.17, 15) is 27.6 Å². The Morgan fingerprint density at radius 2 is 1.84 bits per heavy atom. The van der Waals surface area contributed by atoms with Crippen LogP contribution in [0.5, 0.6) is 0 Å². The number of hydrogen-bond acceptors (Lipinski definition) is 6. The Bertz CT molecular complexity index is 1570. The van der Waals surface area contributed by atoms with E-state index in [4.69, 9.17) is 0 Å². The van der Waals surface area contributed by atoms with Crippen molar-refractivity contribution >= 4 is 23.2 Å². The van der Waals surface area contributed by atoms with Crippen LogP contribution in [0, 0.1) is 11.8 Å². The van der Waals surface area contributed by atoms with Crippen molar-refractivity contribution in [2.24, 2.45) is 18.9 Å². The van der Waals surface area contributed by atoms with Gasteiger partial charge in [-0.2, -0.15) is 13.2 Å². The van der Waals surface area contributed by atoms with Gasteiger partial charge in [0.1, 0.15) is 24.3 Å². The normalized spacial score (nSPS) is 18.3. The number of benzene rings is 1. The van der Waals surface area contributed by atoms with E-state index in [0.29, 0.717) is 34.1 Å². The summed E-state index contributed by atoms with van der Waals surface area (Å²) in [5.41, 5.74) is -0.349. The summed E-state index contributed by atoms with van der Waals surface area (Å²) >= 11 is 0. The number of carbonyl (C=O) groups is 2. The highest BCUT2D eigenvalue weighted by Gasteiger charge is 2.48. The van der Waals surface area contributed by atoms with E-state index in [0.717, 1.165) is 30.7 Å². The molecule has 2 aromatic heterocycles. The van der Waals surface area contributed by atoms with Crippen LogP contribution < -0.4 is 21.5 Å². The summed E-state index contributed by atoms with van der Waals surface area (Å²) in [5.74, 6) is 0.0302. The Labute approximate surface area is 247 Å². The molecular formula is C30H36F3N7O3. The van der Waals surface area contributed by atoms with Gasteiger partial charge in [0.2, 0.25) is 5.91 Å². The van der Waals surface area contributed by atoms with Crippen LogP contribution in [0.25, 0.3) is 0 Å². The number of hydrogen-bond donors (Lipinski definition) is 3. The monoisotopic (exact) mass is 599 g/mol. The lowest BCUT2D eigenvalue weighted by Gasteiger charge is -2.46. The molecule has 0 unspecified atom stereocenters. The van der Waals surface area contributed by atoms with E-state index in [2.05, 4.69) is 39.7 Å². The molecule has 1 aromatic carbocycles. The van der Waals surface area contributed by atoms with Crippen molar-refractivity contribution in [1.29, 1.82) is 0 Å². The first-order chi connectivity index (χ1) is 20.2. The van der Waals surface area contributed by atoms with Gasteiger partial charge in [-0.25, -0.2) is 0 Å². The zero-order valence-corrected chi connectivity index (χ0v) is 24.6. The second-order valence-electron chi connectivity index (χ2n) is 11.6. The van der Waals surface area contributed by atoms with Gasteiger partial charge >= 0.3 is 6.18 Å². The van der Waals surface area contributed by atoms with Crippen LogP contribution in [0.3, 0.4) is 0 Å². The second kappa shape index (κ2) is 12.5. The number of alkyl halides is 3. The van der Waals surface area contributed by atoms with Crippen LogP contribution in [-0.2, 0) is 30.3 Å². The van der Waals surface area contributed by atoms with Crippen molar-refractivity contribution in [1.82, 2.24) is 24.6 Å². The van der Waals surface area contributed by atoms with Crippen LogP contribution in [0.2, 0.25) is 0 Å². The molecule has 0 radical (unpaired) electrons. The highest BCUT2D eigenvalue weighted by atomic mass is 19.4. The predicted molar refractivity (Wildman–Crippen MR) is 157 cm³/mol. The predicted octanol–water partition coefficient (Wildman–Crippen LogP) is 4.38. The first kappa shape index (κ1) is 31.7. The van der Waals surface area contributed by atoms with Gasteiger partial charge in [0.15, 0.2) is 0 Å². The summed E-state index contributed by atoms with van der Waals surface area (Å²) in [6, 6.07) is 6.33. The molecule has 230 valence electrons. The molecule has 1 saturated carbocycles. The number of nitrogens with one attached hydrogen (secondary N) is 3. The van der Waals surface area contributed by atoms with Gasteiger partial charge in [0.25, 0.3) is 11.5 Å². The van der Waals surface area contributed by atoms with Crippen molar-refractivity contribution in [3.05, 3.63) is 82.3 Å². The molecule has 2 amide bonds. The van der Waals surface area contributed by atoms with Crippen molar-refractivity contribution in [3.8, 4) is 0 Å². The average Bonchev–Trinajstić information content (AvgIpc) is 3.32. The fourth-order valence-electron chi connectivity index (χ4n) is 5.61. The minimum Gasteiger partial charge on any atom is -0.322 e. The molecule has 0 spiro atoms. The van der Waals surface area contributed by atoms with E-state index in [-0.39, 0.29) is 18.2 Å². The topological polar surface area (TPSA) is 123 Å². The highest BCUT2D eigenvalue weighted by Crippen LogP contribution is 2.52. The number of pyridine rings is 1. The molecule has 0 bridgehead atoms. The fourth-order valence-corrected chi connectivity index (χ4v) is 5.61. The first-order valence-corrected chi connectivity index (χ1v) is 14.0. The Balaban J connectivity index is 1.75. The summed E-state index contributed by atoms with van der Waals surface area (Å²) in [7, 11) is 1.83. The molecule has 1 aliphatic rings. The first-order valence-electron chi connectivity index (χ1n) is 14.0. The lowest BCUT2D eigenvalue weighted by atomic mass is 9.58. The van der Waals surface area contributed by atoms with Gasteiger partial charge in [0.05, 0.1) is 5.41 Å². The Morgan fingerprint density at radius 1 is 1.16 bits per heavy atom. The molecular weight excluding hydrogens is 563 g/mol. The maximum absolute atomic E-state index is 13.5. The minimum atomic E-state index is -4.66. The third-order valence-corrected chi connectivity index (χ3v) is 7.35. The van der Waals surface area contributed by atoms with E-state index in [1.165, 1.54) is 12.1 Å². The smallest absolute Gasteiger partial charge is 0.322 e. The van der Waals surface area contributed by atoms with Crippen LogP contribution >= 0.6 is 0 Å². The van der Waals surface area contributed by atoms with Gasteiger partial charge in [0, 0.05) is 31.2 Å². The second-order valence-corrected chi connectivity index (χ2v) is 11.6. The number of rotatable bonds is 11. The van der Waals surface area contributed by atoms with Gasteiger partial charge < -0.3 is 25.1 Å². The summed E-state index contributed by atoms with van der Waals surface area (Å²) < 4.78 is 42.2. The molecule has 0 atom stereocenters. The number of amides is 2. The summed E-state index contributed by atoms with van der Waals surface area (Å²) in [6.07, 6.45) is 0.630. The number of halogens is 3. The van der Waals surface area contributed by atoms with Crippen LogP contribution in [0.1, 0.15) is 60.9 Å². The van der Waals surface area contributed by atoms with Gasteiger partial charge in [-0.3, -0.25) is 14.4 Å². The average molecular weight is 600 g/mol. The Hall–Kier alpha value is -4.26. The number of aromatic nitrogens is 4. The lowest BCUT2D eigenvalue weighted by molar-refractivity contribution is -0.141. The van der Waals surface area contributed by atoms with Crippen LogP contribution in [-0.4, -0.2) is 43.9 Å². The van der Waals surface area contributed by atoms with E-state index < -0.39 is 41.1 Å². The molecule has 0 saturated heterocycles. The Kier molecular flexibility index (Phi) is 9.24. The number of nitrogens with zero attached hydrogens (tertiary/aromatic N) is 4. The number of aryl methyl sites for hydroxylation is 1. The SMILES string of the molecule is C=CC(=O)Nc1cc(NC(=O)c2cc(CNCC(C)C)cn(CC(F)(F)F)c2=O)cc(C2(c3nncn3C)CC(C)C2)c1. The third-order valence-electron chi connectivity index (χ3n) is 7.35. The summed E-state index contributed by atoms with van der Waals surface area (Å²) in [5, 5.41) is 16.9. The summed E-state index contributed by atoms with van der Waals surface area (Å²) in [6.45, 7) is 8.79. The minimum absolute atomic E-state index is 0.169. The summed E-state index contributed by atoms with van der Waals surface area (Å²) in [4.78, 5) is 38.8. The molecule has 3 N–H and O–H groups in total. The van der Waals surface area contributed by atoms with Crippen molar-refractivity contribution in [3.63, 3.8) is 0 Å². The van der Waals surface area contributed by atoms with Crippen molar-refractivity contribution in [2.75, 3.05) is 17.2 Å². The van der Waals surface area contributed by atoms with E-state index in [1.54, 1.807) is 18.5 Å². The van der Waals surface area contributed by atoms with Gasteiger partial charge in [-0.05, 0) is 72.7 Å².